The minimum absolute atomic E-state index is 0.373. The van der Waals surface area contributed by atoms with Gasteiger partial charge in [0.2, 0.25) is 6.41 Å². The van der Waals surface area contributed by atoms with E-state index in [1.54, 1.807) is 6.92 Å². The van der Waals surface area contributed by atoms with Crippen LogP contribution in [0.4, 0.5) is 0 Å². The zero-order valence-corrected chi connectivity index (χ0v) is 12.3. The summed E-state index contributed by atoms with van der Waals surface area (Å²) in [6.07, 6.45) is 2.15. The van der Waals surface area contributed by atoms with Gasteiger partial charge in [0.25, 0.3) is 0 Å². The first-order chi connectivity index (χ1) is 9.03. The molecule has 1 aromatic rings. The van der Waals surface area contributed by atoms with Crippen molar-refractivity contribution in [3.05, 3.63) is 33.8 Å². The number of fused-ring (bicyclic) bond motifs is 1. The number of carbonyl (C=O) groups is 2. The number of hydrogen-bond donors (Lipinski definition) is 1. The molecule has 5 heteroatoms. The average molecular weight is 326 g/mol. The van der Waals surface area contributed by atoms with E-state index in [1.807, 2.05) is 18.2 Å². The van der Waals surface area contributed by atoms with Crippen LogP contribution in [0.1, 0.15) is 24.5 Å². The van der Waals surface area contributed by atoms with Crippen molar-refractivity contribution in [3.8, 4) is 0 Å². The highest BCUT2D eigenvalue weighted by atomic mass is 79.9. The zero-order valence-electron chi connectivity index (χ0n) is 10.7. The van der Waals surface area contributed by atoms with E-state index >= 15 is 0 Å². The molecule has 1 unspecified atom stereocenters. The number of carbonyl (C=O) groups excluding carboxylic acids is 1. The van der Waals surface area contributed by atoms with Crippen LogP contribution in [0.3, 0.4) is 0 Å². The van der Waals surface area contributed by atoms with Gasteiger partial charge in [0.15, 0.2) is 0 Å². The lowest BCUT2D eigenvalue weighted by atomic mass is 9.77. The number of benzene rings is 1. The maximum absolute atomic E-state index is 11.7. The summed E-state index contributed by atoms with van der Waals surface area (Å²) in [4.78, 5) is 24.3. The van der Waals surface area contributed by atoms with E-state index in [0.29, 0.717) is 32.2 Å². The van der Waals surface area contributed by atoms with E-state index in [1.165, 1.54) is 4.90 Å². The number of nitrogens with zero attached hydrogens (tertiary/aromatic N) is 1. The third-order valence-corrected chi connectivity index (χ3v) is 4.37. The monoisotopic (exact) mass is 325 g/mol. The minimum atomic E-state index is -1.10. The molecule has 0 aliphatic heterocycles. The van der Waals surface area contributed by atoms with Crippen molar-refractivity contribution in [1.29, 1.82) is 0 Å². The van der Waals surface area contributed by atoms with Gasteiger partial charge in [-0.3, -0.25) is 4.79 Å². The molecule has 0 spiro atoms. The SMILES string of the molecule is CCN(C=O)C1(C(=O)O)CCc2cc(Br)ccc2C1. The molecule has 4 nitrogen and oxygen atoms in total. The summed E-state index contributed by atoms with van der Waals surface area (Å²) in [5.74, 6) is -0.921. The molecule has 2 rings (SSSR count). The van der Waals surface area contributed by atoms with Crippen LogP contribution in [0.15, 0.2) is 22.7 Å². The summed E-state index contributed by atoms with van der Waals surface area (Å²) in [6, 6.07) is 5.88. The number of likely N-dealkylation sites (N-methyl/N-ethyl adjacent to an activating group) is 1. The summed E-state index contributed by atoms with van der Waals surface area (Å²) < 4.78 is 0.997. The van der Waals surface area contributed by atoms with E-state index in [2.05, 4.69) is 15.9 Å². The third-order valence-electron chi connectivity index (χ3n) is 3.87. The van der Waals surface area contributed by atoms with Crippen molar-refractivity contribution in [1.82, 2.24) is 4.90 Å². The van der Waals surface area contributed by atoms with Crippen LogP contribution in [-0.2, 0) is 22.4 Å². The van der Waals surface area contributed by atoms with E-state index in [0.717, 1.165) is 15.6 Å². The Morgan fingerprint density at radius 3 is 2.84 bits per heavy atom. The number of halogens is 1. The standard InChI is InChI=1S/C14H16BrNO3/c1-2-16(9-17)14(13(18)19)6-5-10-7-12(15)4-3-11(10)8-14/h3-4,7,9H,2,5-6,8H2,1H3,(H,18,19). The lowest BCUT2D eigenvalue weighted by Crippen LogP contribution is -2.57. The molecule has 0 fully saturated rings. The second-order valence-corrected chi connectivity index (χ2v) is 5.73. The molecule has 1 aliphatic rings. The van der Waals surface area contributed by atoms with Crippen LogP contribution in [0, 0.1) is 0 Å². The fourth-order valence-electron chi connectivity index (χ4n) is 2.77. The molecule has 0 bridgehead atoms. The van der Waals surface area contributed by atoms with Gasteiger partial charge in [0.1, 0.15) is 5.54 Å². The number of carboxylic acid groups (broad SMARTS) is 1. The highest BCUT2D eigenvalue weighted by Crippen LogP contribution is 2.34. The van der Waals surface area contributed by atoms with Gasteiger partial charge in [0, 0.05) is 17.4 Å². The lowest BCUT2D eigenvalue weighted by Gasteiger charge is -2.41. The molecule has 0 saturated heterocycles. The molecular formula is C14H16BrNO3. The molecule has 0 heterocycles. The van der Waals surface area contributed by atoms with Crippen molar-refractivity contribution in [2.24, 2.45) is 0 Å². The van der Waals surface area contributed by atoms with Crippen molar-refractivity contribution in [2.75, 3.05) is 6.54 Å². The Kier molecular flexibility index (Phi) is 3.94. The Bertz CT molecular complexity index is 517. The Balaban J connectivity index is 2.42. The zero-order chi connectivity index (χ0) is 14.0. The third kappa shape index (κ3) is 2.39. The predicted molar refractivity (Wildman–Crippen MR) is 75.0 cm³/mol. The Morgan fingerprint density at radius 1 is 1.53 bits per heavy atom. The first-order valence-electron chi connectivity index (χ1n) is 6.26. The van der Waals surface area contributed by atoms with E-state index in [9.17, 15) is 14.7 Å². The summed E-state index contributed by atoms with van der Waals surface area (Å²) in [5.41, 5.74) is 1.07. The highest BCUT2D eigenvalue weighted by Gasteiger charge is 2.45. The van der Waals surface area contributed by atoms with Gasteiger partial charge < -0.3 is 10.0 Å². The maximum atomic E-state index is 11.7. The maximum Gasteiger partial charge on any atom is 0.329 e. The number of hydrogen-bond acceptors (Lipinski definition) is 2. The summed E-state index contributed by atoms with van der Waals surface area (Å²) in [6.45, 7) is 2.21. The van der Waals surface area contributed by atoms with Crippen LogP contribution < -0.4 is 0 Å². The van der Waals surface area contributed by atoms with Crippen molar-refractivity contribution in [3.63, 3.8) is 0 Å². The summed E-state index contributed by atoms with van der Waals surface area (Å²) in [7, 11) is 0. The van der Waals surface area contributed by atoms with E-state index in [-0.39, 0.29) is 0 Å². The number of carboxylic acids is 1. The van der Waals surface area contributed by atoms with Crippen LogP contribution in [0.25, 0.3) is 0 Å². The number of amides is 1. The molecule has 1 atom stereocenters. The summed E-state index contributed by atoms with van der Waals surface area (Å²) >= 11 is 3.42. The van der Waals surface area contributed by atoms with Crippen molar-refractivity contribution < 1.29 is 14.7 Å². The van der Waals surface area contributed by atoms with E-state index < -0.39 is 11.5 Å². The number of aryl methyl sites for hydroxylation is 1. The largest absolute Gasteiger partial charge is 0.479 e. The topological polar surface area (TPSA) is 57.6 Å². The van der Waals surface area contributed by atoms with Gasteiger partial charge in [-0.1, -0.05) is 22.0 Å². The minimum Gasteiger partial charge on any atom is -0.479 e. The quantitative estimate of drug-likeness (QED) is 0.864. The Labute approximate surface area is 120 Å². The average Bonchev–Trinajstić information content (AvgIpc) is 2.40. The molecule has 0 aromatic heterocycles. The van der Waals surface area contributed by atoms with Crippen LogP contribution in [0.2, 0.25) is 0 Å². The van der Waals surface area contributed by atoms with E-state index in [4.69, 9.17) is 0 Å². The van der Waals surface area contributed by atoms with Gasteiger partial charge in [0.05, 0.1) is 0 Å². The highest BCUT2D eigenvalue weighted by molar-refractivity contribution is 9.10. The Hall–Kier alpha value is -1.36. The molecule has 0 radical (unpaired) electrons. The Morgan fingerprint density at radius 2 is 2.26 bits per heavy atom. The molecule has 0 saturated carbocycles. The van der Waals surface area contributed by atoms with Gasteiger partial charge >= 0.3 is 5.97 Å². The van der Waals surface area contributed by atoms with Crippen molar-refractivity contribution >= 4 is 28.3 Å². The van der Waals surface area contributed by atoms with Gasteiger partial charge in [-0.2, -0.15) is 0 Å². The molecule has 1 amide bonds. The number of aliphatic carboxylic acids is 1. The van der Waals surface area contributed by atoms with Gasteiger partial charge in [-0.05, 0) is 43.0 Å². The predicted octanol–water partition coefficient (Wildman–Crippen LogP) is 2.24. The molecule has 1 aromatic carbocycles. The summed E-state index contributed by atoms with van der Waals surface area (Å²) in [5, 5.41) is 9.59. The molecule has 1 aliphatic carbocycles. The normalized spacial score (nSPS) is 21.6. The van der Waals surface area contributed by atoms with Crippen LogP contribution >= 0.6 is 15.9 Å². The van der Waals surface area contributed by atoms with Gasteiger partial charge in [-0.25, -0.2) is 4.79 Å². The number of rotatable bonds is 4. The molecule has 1 N–H and O–H groups in total. The van der Waals surface area contributed by atoms with Gasteiger partial charge in [-0.15, -0.1) is 0 Å². The second-order valence-electron chi connectivity index (χ2n) is 4.82. The smallest absolute Gasteiger partial charge is 0.329 e. The first-order valence-corrected chi connectivity index (χ1v) is 7.05. The van der Waals surface area contributed by atoms with Crippen LogP contribution in [-0.4, -0.2) is 34.5 Å². The molecule has 19 heavy (non-hydrogen) atoms. The fourth-order valence-corrected chi connectivity index (χ4v) is 3.18. The lowest BCUT2D eigenvalue weighted by molar-refractivity contribution is -0.156. The molecule has 102 valence electrons. The fraction of sp³-hybridized carbons (Fsp3) is 0.429. The van der Waals surface area contributed by atoms with Crippen molar-refractivity contribution in [2.45, 2.75) is 31.7 Å². The second kappa shape index (κ2) is 5.33. The van der Waals surface area contributed by atoms with Crippen LogP contribution in [0.5, 0.6) is 0 Å². The first kappa shape index (κ1) is 14.1. The molecular weight excluding hydrogens is 310 g/mol.